The second-order valence-electron chi connectivity index (χ2n) is 4.51. The van der Waals surface area contributed by atoms with E-state index in [1.807, 2.05) is 0 Å². The summed E-state index contributed by atoms with van der Waals surface area (Å²) in [7, 11) is -3.69. The number of sulfonamides is 1. The van der Waals surface area contributed by atoms with E-state index in [1.54, 1.807) is 36.0 Å². The Balaban J connectivity index is 1.80. The summed E-state index contributed by atoms with van der Waals surface area (Å²) in [5, 5.41) is 1.99. The van der Waals surface area contributed by atoms with Crippen molar-refractivity contribution in [1.82, 2.24) is 15.0 Å². The zero-order valence-electron chi connectivity index (χ0n) is 12.2. The number of thiazole rings is 1. The molecule has 122 valence electrons. The maximum atomic E-state index is 12.2. The monoisotopic (exact) mass is 360 g/mol. The minimum atomic E-state index is -3.69. The highest BCUT2D eigenvalue weighted by Gasteiger charge is 2.15. The Kier molecular flexibility index (Phi) is 4.49. The van der Waals surface area contributed by atoms with Gasteiger partial charge in [-0.1, -0.05) is 0 Å². The molecule has 2 heterocycles. The Labute approximate surface area is 142 Å². The highest BCUT2D eigenvalue weighted by molar-refractivity contribution is 7.93. The van der Waals surface area contributed by atoms with Crippen molar-refractivity contribution < 1.29 is 8.42 Å². The largest absolute Gasteiger partial charge is 0.381 e. The van der Waals surface area contributed by atoms with E-state index in [0.717, 1.165) is 0 Å². The zero-order chi connectivity index (χ0) is 17.0. The number of hydrogen-bond acceptors (Lipinski definition) is 7. The van der Waals surface area contributed by atoms with Crippen molar-refractivity contribution in [2.24, 2.45) is 10.7 Å². The molecule has 0 radical (unpaired) electrons. The fourth-order valence-electron chi connectivity index (χ4n) is 1.77. The van der Waals surface area contributed by atoms with Crippen LogP contribution in [-0.2, 0) is 10.0 Å². The highest BCUT2D eigenvalue weighted by atomic mass is 32.2. The van der Waals surface area contributed by atoms with Crippen LogP contribution < -0.4 is 10.5 Å². The van der Waals surface area contributed by atoms with Crippen LogP contribution in [0.15, 0.2) is 64.2 Å². The highest BCUT2D eigenvalue weighted by Crippen LogP contribution is 2.20. The summed E-state index contributed by atoms with van der Waals surface area (Å²) in [6.45, 7) is 0. The lowest BCUT2D eigenvalue weighted by Crippen LogP contribution is -2.16. The van der Waals surface area contributed by atoms with Gasteiger partial charge in [0.15, 0.2) is 16.8 Å². The summed E-state index contributed by atoms with van der Waals surface area (Å²) < 4.78 is 26.9. The van der Waals surface area contributed by atoms with Crippen LogP contribution in [0.2, 0.25) is 0 Å². The molecule has 0 aliphatic heterocycles. The zero-order valence-corrected chi connectivity index (χ0v) is 13.8. The van der Waals surface area contributed by atoms with Gasteiger partial charge in [-0.05, 0) is 30.3 Å². The first-order chi connectivity index (χ1) is 11.5. The molecule has 1 aromatic carbocycles. The molecule has 0 aliphatic rings. The van der Waals surface area contributed by atoms with E-state index in [0.29, 0.717) is 16.6 Å². The fraction of sp³-hybridized carbons (Fsp3) is 0. The molecule has 10 heteroatoms. The Bertz CT molecular complexity index is 939. The molecule has 0 spiro atoms. The van der Waals surface area contributed by atoms with Crippen molar-refractivity contribution in [2.45, 2.75) is 4.90 Å². The Morgan fingerprint density at radius 3 is 2.42 bits per heavy atom. The van der Waals surface area contributed by atoms with Crippen molar-refractivity contribution in [3.63, 3.8) is 0 Å². The van der Waals surface area contributed by atoms with Crippen molar-refractivity contribution in [1.29, 1.82) is 0 Å². The molecule has 2 aromatic heterocycles. The van der Waals surface area contributed by atoms with Crippen LogP contribution in [0, 0.1) is 0 Å². The lowest BCUT2D eigenvalue weighted by Gasteiger charge is -2.05. The van der Waals surface area contributed by atoms with Crippen LogP contribution in [0.1, 0.15) is 5.82 Å². The molecular formula is C14H12N6O2S2. The van der Waals surface area contributed by atoms with Crippen LogP contribution in [0.3, 0.4) is 0 Å². The molecule has 0 fully saturated rings. The minimum Gasteiger partial charge on any atom is -0.381 e. The first kappa shape index (κ1) is 16.0. The van der Waals surface area contributed by atoms with E-state index in [9.17, 15) is 8.42 Å². The van der Waals surface area contributed by atoms with Crippen LogP contribution in [0.4, 0.5) is 10.8 Å². The molecule has 8 nitrogen and oxygen atoms in total. The summed E-state index contributed by atoms with van der Waals surface area (Å²) in [5.41, 5.74) is 6.32. The number of nitrogens with one attached hydrogen (secondary N) is 1. The topological polar surface area (TPSA) is 123 Å². The predicted octanol–water partition coefficient (Wildman–Crippen LogP) is 1.77. The standard InChI is InChI=1S/C14H12N6O2S2/c15-12(13-16-6-1-7-17-13)19-10-2-4-11(5-3-10)24(21,22)20-14-18-8-9-23-14/h1-9H,(H2,15,19)(H,18,20). The van der Waals surface area contributed by atoms with E-state index in [-0.39, 0.29) is 10.7 Å². The number of amidine groups is 1. The molecule has 0 atom stereocenters. The molecule has 3 N–H and O–H groups in total. The number of nitrogens with two attached hydrogens (primary N) is 1. The van der Waals surface area contributed by atoms with E-state index in [2.05, 4.69) is 24.7 Å². The Morgan fingerprint density at radius 1 is 1.08 bits per heavy atom. The molecule has 0 aliphatic carbocycles. The van der Waals surface area contributed by atoms with Gasteiger partial charge in [-0.15, -0.1) is 11.3 Å². The van der Waals surface area contributed by atoms with Crippen molar-refractivity contribution >= 4 is 38.0 Å². The third-order valence-electron chi connectivity index (χ3n) is 2.85. The van der Waals surface area contributed by atoms with Crippen LogP contribution in [-0.4, -0.2) is 29.2 Å². The summed E-state index contributed by atoms with van der Waals surface area (Å²) in [4.78, 5) is 16.2. The van der Waals surface area contributed by atoms with Crippen molar-refractivity contribution in [3.05, 3.63) is 60.1 Å². The molecule has 3 aromatic rings. The van der Waals surface area contributed by atoms with Gasteiger partial charge in [0, 0.05) is 24.0 Å². The number of nitrogens with zero attached hydrogens (tertiary/aromatic N) is 4. The number of aliphatic imine (C=N–C) groups is 1. The number of benzene rings is 1. The van der Waals surface area contributed by atoms with Crippen LogP contribution >= 0.6 is 11.3 Å². The molecule has 0 bridgehead atoms. The quantitative estimate of drug-likeness (QED) is 0.528. The number of anilines is 1. The van der Waals surface area contributed by atoms with Gasteiger partial charge in [-0.25, -0.2) is 28.4 Å². The van der Waals surface area contributed by atoms with Gasteiger partial charge in [0.05, 0.1) is 10.6 Å². The SMILES string of the molecule is NC(=Nc1ccc(S(=O)(=O)Nc2nccs2)cc1)c1ncccn1. The third-order valence-corrected chi connectivity index (χ3v) is 5.02. The van der Waals surface area contributed by atoms with E-state index >= 15 is 0 Å². The second kappa shape index (κ2) is 6.72. The van der Waals surface area contributed by atoms with Gasteiger partial charge in [0.25, 0.3) is 10.0 Å². The van der Waals surface area contributed by atoms with E-state index in [1.165, 1.54) is 29.7 Å². The number of aromatic nitrogens is 3. The maximum absolute atomic E-state index is 12.2. The molecule has 0 amide bonds. The predicted molar refractivity (Wildman–Crippen MR) is 91.8 cm³/mol. The smallest absolute Gasteiger partial charge is 0.263 e. The van der Waals surface area contributed by atoms with Gasteiger partial charge in [-0.2, -0.15) is 0 Å². The Morgan fingerprint density at radius 2 is 1.79 bits per heavy atom. The first-order valence-electron chi connectivity index (χ1n) is 6.68. The summed E-state index contributed by atoms with van der Waals surface area (Å²) in [5.74, 6) is 0.451. The van der Waals surface area contributed by atoms with Gasteiger partial charge in [0.2, 0.25) is 0 Å². The number of hydrogen-bond donors (Lipinski definition) is 2. The second-order valence-corrected chi connectivity index (χ2v) is 7.08. The molecule has 3 rings (SSSR count). The first-order valence-corrected chi connectivity index (χ1v) is 9.05. The van der Waals surface area contributed by atoms with E-state index in [4.69, 9.17) is 5.73 Å². The van der Waals surface area contributed by atoms with Crippen molar-refractivity contribution in [2.75, 3.05) is 4.72 Å². The summed E-state index contributed by atoms with van der Waals surface area (Å²) in [6.07, 6.45) is 4.64. The molecular weight excluding hydrogens is 348 g/mol. The van der Waals surface area contributed by atoms with Gasteiger partial charge < -0.3 is 5.73 Å². The average molecular weight is 360 g/mol. The van der Waals surface area contributed by atoms with Crippen LogP contribution in [0.25, 0.3) is 0 Å². The molecule has 0 saturated heterocycles. The lowest BCUT2D eigenvalue weighted by molar-refractivity contribution is 0.601. The fourth-order valence-corrected chi connectivity index (χ4v) is 3.56. The molecule has 0 saturated carbocycles. The normalized spacial score (nSPS) is 12.1. The molecule has 24 heavy (non-hydrogen) atoms. The number of rotatable bonds is 5. The van der Waals surface area contributed by atoms with Crippen LogP contribution in [0.5, 0.6) is 0 Å². The summed E-state index contributed by atoms with van der Waals surface area (Å²) in [6, 6.07) is 7.64. The average Bonchev–Trinajstić information content (AvgIpc) is 3.08. The van der Waals surface area contributed by atoms with Gasteiger partial charge in [-0.3, -0.25) is 4.72 Å². The molecule has 0 unspecified atom stereocenters. The summed E-state index contributed by atoms with van der Waals surface area (Å²) >= 11 is 1.20. The van der Waals surface area contributed by atoms with E-state index < -0.39 is 10.0 Å². The Hall–Kier alpha value is -2.85. The minimum absolute atomic E-state index is 0.103. The maximum Gasteiger partial charge on any atom is 0.263 e. The van der Waals surface area contributed by atoms with Crippen molar-refractivity contribution in [3.8, 4) is 0 Å². The van der Waals surface area contributed by atoms with Gasteiger partial charge in [0.1, 0.15) is 0 Å². The third kappa shape index (κ3) is 3.73. The van der Waals surface area contributed by atoms with Gasteiger partial charge >= 0.3 is 0 Å². The lowest BCUT2D eigenvalue weighted by atomic mass is 10.3.